The number of anilines is 1. The van der Waals surface area contributed by atoms with Crippen molar-refractivity contribution in [2.45, 2.75) is 106 Å². The van der Waals surface area contributed by atoms with Crippen molar-refractivity contribution in [3.63, 3.8) is 0 Å². The zero-order chi connectivity index (χ0) is 28.0. The highest BCUT2D eigenvalue weighted by atomic mass is 79.9. The maximum atomic E-state index is 13.1. The van der Waals surface area contributed by atoms with Crippen LogP contribution in [0.25, 0.3) is 0 Å². The molecule has 0 saturated heterocycles. The number of para-hydroxylation sites is 1. The lowest BCUT2D eigenvalue weighted by Gasteiger charge is -2.37. The van der Waals surface area contributed by atoms with E-state index in [-0.39, 0.29) is 39.9 Å². The molecule has 1 N–H and O–H groups in total. The van der Waals surface area contributed by atoms with E-state index in [9.17, 15) is 9.59 Å². The van der Waals surface area contributed by atoms with E-state index in [2.05, 4.69) is 51.2 Å². The lowest BCUT2D eigenvalue weighted by molar-refractivity contribution is -0.919. The predicted octanol–water partition coefficient (Wildman–Crippen LogP) is 5.62. The molecule has 1 amide bonds. The summed E-state index contributed by atoms with van der Waals surface area (Å²) >= 11 is 0. The summed E-state index contributed by atoms with van der Waals surface area (Å²) < 4.78 is 0.926. The Morgan fingerprint density at radius 1 is 0.725 bits per heavy atom. The van der Waals surface area contributed by atoms with Crippen LogP contribution in [0.2, 0.25) is 0 Å². The van der Waals surface area contributed by atoms with Gasteiger partial charge in [-0.1, -0.05) is 69.0 Å². The minimum Gasteiger partial charge on any atom is -1.00 e. The van der Waals surface area contributed by atoms with Crippen LogP contribution in [-0.2, 0) is 16.0 Å². The maximum absolute atomic E-state index is 13.1. The van der Waals surface area contributed by atoms with Crippen molar-refractivity contribution in [2.24, 2.45) is 0 Å². The summed E-state index contributed by atoms with van der Waals surface area (Å²) in [7, 11) is 0. The largest absolute Gasteiger partial charge is 1.00 e. The van der Waals surface area contributed by atoms with Crippen molar-refractivity contribution < 1.29 is 31.1 Å². The van der Waals surface area contributed by atoms with E-state index in [1.165, 1.54) is 48.8 Å². The number of halogens is 2. The molecule has 0 aliphatic heterocycles. The minimum atomic E-state index is 0. The summed E-state index contributed by atoms with van der Waals surface area (Å²) in [6, 6.07) is 12.4. The van der Waals surface area contributed by atoms with Gasteiger partial charge in [0.15, 0.2) is 5.78 Å². The van der Waals surface area contributed by atoms with Crippen molar-refractivity contribution >= 4 is 34.4 Å². The molecular formula is C34H54Br2N2O2. The molecule has 226 valence electrons. The molecule has 0 aliphatic carbocycles. The van der Waals surface area contributed by atoms with E-state index in [0.717, 1.165) is 60.2 Å². The van der Waals surface area contributed by atoms with Crippen LogP contribution in [-0.4, -0.2) is 42.4 Å². The minimum absolute atomic E-state index is 0. The summed E-state index contributed by atoms with van der Waals surface area (Å²) in [4.78, 5) is 25.5. The number of benzene rings is 2. The van der Waals surface area contributed by atoms with Crippen molar-refractivity contribution in [1.29, 1.82) is 0 Å². The normalized spacial score (nSPS) is 12.2. The first-order valence-corrected chi connectivity index (χ1v) is 15.0. The molecule has 6 heteroatoms. The number of carbonyl (C=O) groups is 2. The van der Waals surface area contributed by atoms with E-state index in [1.54, 1.807) is 0 Å². The summed E-state index contributed by atoms with van der Waals surface area (Å²) in [6.07, 6.45) is 10.4. The molecule has 0 radical (unpaired) electrons. The summed E-state index contributed by atoms with van der Waals surface area (Å²) in [6.45, 7) is 16.7. The third-order valence-corrected chi connectivity index (χ3v) is 8.18. The van der Waals surface area contributed by atoms with E-state index in [0.29, 0.717) is 25.2 Å². The number of amides is 1. The molecule has 1 atom stereocenters. The maximum Gasteiger partial charge on any atom is 0.224 e. The van der Waals surface area contributed by atoms with Crippen LogP contribution in [0, 0.1) is 27.7 Å². The highest BCUT2D eigenvalue weighted by molar-refractivity contribution is 8.93. The third kappa shape index (κ3) is 13.0. The molecule has 40 heavy (non-hydrogen) atoms. The van der Waals surface area contributed by atoms with Crippen molar-refractivity contribution in [3.05, 3.63) is 64.2 Å². The second-order valence-corrected chi connectivity index (χ2v) is 11.4. The van der Waals surface area contributed by atoms with Crippen molar-refractivity contribution in [2.75, 3.05) is 31.5 Å². The van der Waals surface area contributed by atoms with Crippen LogP contribution in [0.3, 0.4) is 0 Å². The Balaban J connectivity index is 0.00000760. The molecule has 0 spiro atoms. The monoisotopic (exact) mass is 680 g/mol. The molecule has 0 fully saturated rings. The van der Waals surface area contributed by atoms with Gasteiger partial charge < -0.3 is 26.8 Å². The Kier molecular flexibility index (Phi) is 19.6. The summed E-state index contributed by atoms with van der Waals surface area (Å²) in [5.41, 5.74) is 6.87. The van der Waals surface area contributed by atoms with Gasteiger partial charge in [-0.3, -0.25) is 9.59 Å². The van der Waals surface area contributed by atoms with Crippen LogP contribution in [0.15, 0.2) is 36.4 Å². The topological polar surface area (TPSA) is 46.2 Å². The molecule has 0 aliphatic rings. The Morgan fingerprint density at radius 3 is 1.75 bits per heavy atom. The van der Waals surface area contributed by atoms with Crippen LogP contribution >= 0.6 is 17.0 Å². The van der Waals surface area contributed by atoms with Gasteiger partial charge >= 0.3 is 0 Å². The number of Topliss-reactive ketones (excluding diaryl/α,β-unsaturated/α-hetero) is 1. The molecule has 0 saturated carbocycles. The van der Waals surface area contributed by atoms with E-state index >= 15 is 0 Å². The highest BCUT2D eigenvalue weighted by Gasteiger charge is 2.27. The van der Waals surface area contributed by atoms with Gasteiger partial charge in [-0.05, 0) is 88.1 Å². The van der Waals surface area contributed by atoms with Crippen LogP contribution < -0.4 is 22.3 Å². The standard InChI is InChI=1S/C34H52N2O2.2BrH/c1-7-23-36(8-2,26-31(37)25-32-27(3)18-16-19-28(32)4)24-15-13-11-9-10-12-14-22-33(38)35-34-29(5)20-17-21-30(34)6;;/h16-21H,7-15,22-26H2,1-6H3;2*1H. The number of likely N-dealkylation sites (N-methyl/N-ethyl adjacent to an activating group) is 1. The Bertz CT molecular complexity index is 1000. The third-order valence-electron chi connectivity index (χ3n) is 8.18. The first-order valence-electron chi connectivity index (χ1n) is 15.0. The summed E-state index contributed by atoms with van der Waals surface area (Å²) in [5, 5.41) is 3.09. The number of quaternary nitrogens is 1. The van der Waals surface area contributed by atoms with E-state index < -0.39 is 0 Å². The Hall–Kier alpha value is -1.50. The van der Waals surface area contributed by atoms with Gasteiger partial charge in [-0.25, -0.2) is 0 Å². The quantitative estimate of drug-likeness (QED) is 0.164. The predicted molar refractivity (Wildman–Crippen MR) is 172 cm³/mol. The molecule has 2 rings (SSSR count). The molecule has 0 heterocycles. The number of unbranched alkanes of at least 4 members (excludes halogenated alkanes) is 6. The molecule has 1 unspecified atom stereocenters. The second kappa shape index (κ2) is 20.4. The second-order valence-electron chi connectivity index (χ2n) is 11.4. The smallest absolute Gasteiger partial charge is 0.224 e. The fourth-order valence-electron chi connectivity index (χ4n) is 5.76. The molecular weight excluding hydrogens is 628 g/mol. The molecule has 2 aromatic carbocycles. The number of carbonyl (C=O) groups excluding carboxylic acids is 2. The van der Waals surface area contributed by atoms with E-state index in [1.807, 2.05) is 32.0 Å². The van der Waals surface area contributed by atoms with Gasteiger partial charge in [0.25, 0.3) is 0 Å². The number of hydrogen-bond donors (Lipinski definition) is 1. The molecule has 4 nitrogen and oxygen atoms in total. The lowest BCUT2D eigenvalue weighted by atomic mass is 9.97. The van der Waals surface area contributed by atoms with Gasteiger partial charge in [0.1, 0.15) is 6.54 Å². The lowest BCUT2D eigenvalue weighted by Crippen LogP contribution is -3.00. The average molecular weight is 683 g/mol. The van der Waals surface area contributed by atoms with Crippen molar-refractivity contribution in [1.82, 2.24) is 0 Å². The van der Waals surface area contributed by atoms with Gasteiger partial charge in [0.2, 0.25) is 5.91 Å². The van der Waals surface area contributed by atoms with Gasteiger partial charge in [-0.15, -0.1) is 17.0 Å². The number of hydrogen-bond acceptors (Lipinski definition) is 2. The van der Waals surface area contributed by atoms with Crippen LogP contribution in [0.5, 0.6) is 0 Å². The van der Waals surface area contributed by atoms with Crippen molar-refractivity contribution in [3.8, 4) is 0 Å². The summed E-state index contributed by atoms with van der Waals surface area (Å²) in [5.74, 6) is 0.499. The number of rotatable bonds is 18. The fraction of sp³-hybridized carbons (Fsp3) is 0.588. The first kappa shape index (κ1) is 38.5. The zero-order valence-corrected chi connectivity index (χ0v) is 29.2. The number of nitrogens with zero attached hydrogens (tertiary/aromatic N) is 1. The number of ketones is 1. The SMILES string of the molecule is Br.CCC[N+](CC)(CCCCCCCCCC(=O)Nc1c(C)cccc1C)CC(=O)Cc1c(C)cccc1C.[Br-]. The van der Waals surface area contributed by atoms with Gasteiger partial charge in [0, 0.05) is 18.5 Å². The highest BCUT2D eigenvalue weighted by Crippen LogP contribution is 2.21. The fourth-order valence-corrected chi connectivity index (χ4v) is 5.76. The van der Waals surface area contributed by atoms with Crippen LogP contribution in [0.1, 0.15) is 99.5 Å². The first-order chi connectivity index (χ1) is 18.2. The average Bonchev–Trinajstić information content (AvgIpc) is 2.87. The van der Waals surface area contributed by atoms with Gasteiger partial charge in [0.05, 0.1) is 19.6 Å². The number of nitrogens with one attached hydrogen (secondary N) is 1. The molecule has 2 aromatic rings. The van der Waals surface area contributed by atoms with Gasteiger partial charge in [-0.2, -0.15) is 0 Å². The molecule has 0 bridgehead atoms. The van der Waals surface area contributed by atoms with E-state index in [4.69, 9.17) is 0 Å². The number of aryl methyl sites for hydroxylation is 4. The molecule has 0 aromatic heterocycles. The Morgan fingerprint density at radius 2 is 1.23 bits per heavy atom. The Labute approximate surface area is 265 Å². The van der Waals surface area contributed by atoms with Crippen LogP contribution in [0.4, 0.5) is 5.69 Å². The zero-order valence-electron chi connectivity index (χ0n) is 25.9.